The third kappa shape index (κ3) is 6.47. The van der Waals surface area contributed by atoms with Crippen LogP contribution in [0.2, 0.25) is 0 Å². The average molecular weight is 438 g/mol. The van der Waals surface area contributed by atoms with Gasteiger partial charge in [0, 0.05) is 38.0 Å². The number of carbonyl (C=O) groups excluding carboxylic acids is 4. The molecule has 8 nitrogen and oxygen atoms in total. The number of hydrogen-bond donors (Lipinski definition) is 3. The van der Waals surface area contributed by atoms with Gasteiger partial charge in [-0.15, -0.1) is 0 Å². The third-order valence-corrected chi connectivity index (χ3v) is 5.21. The van der Waals surface area contributed by atoms with Crippen LogP contribution in [-0.2, 0) is 25.7 Å². The highest BCUT2D eigenvalue weighted by Gasteiger charge is 2.34. The molecule has 3 N–H and O–H groups in total. The molecule has 1 aromatic rings. The Balaban J connectivity index is 2.01. The van der Waals surface area contributed by atoms with Crippen molar-refractivity contribution < 1.29 is 28.0 Å². The van der Waals surface area contributed by atoms with Crippen LogP contribution in [-0.4, -0.2) is 54.2 Å². The summed E-state index contributed by atoms with van der Waals surface area (Å²) in [5, 5.41) is 7.50. The number of amides is 4. The van der Waals surface area contributed by atoms with Gasteiger partial charge >= 0.3 is 0 Å². The number of nitrogens with zero attached hydrogens (tertiary/aromatic N) is 1. The Morgan fingerprint density at radius 1 is 1.19 bits per heavy atom. The first-order valence-electron chi connectivity index (χ1n) is 10.1. The van der Waals surface area contributed by atoms with Gasteiger partial charge in [-0.2, -0.15) is 0 Å². The van der Waals surface area contributed by atoms with E-state index in [2.05, 4.69) is 16.0 Å². The van der Waals surface area contributed by atoms with Crippen LogP contribution in [0.4, 0.5) is 8.78 Å². The summed E-state index contributed by atoms with van der Waals surface area (Å²) in [4.78, 5) is 49.9. The quantitative estimate of drug-likeness (QED) is 0.531. The third-order valence-electron chi connectivity index (χ3n) is 5.21. The molecule has 0 radical (unpaired) electrons. The zero-order valence-corrected chi connectivity index (χ0v) is 17.8. The molecule has 2 atom stereocenters. The van der Waals surface area contributed by atoms with E-state index in [1.165, 1.54) is 24.1 Å². The van der Waals surface area contributed by atoms with Gasteiger partial charge in [0.05, 0.1) is 6.54 Å². The lowest BCUT2D eigenvalue weighted by Gasteiger charge is -2.26. The molecule has 1 heterocycles. The van der Waals surface area contributed by atoms with Crippen molar-refractivity contribution in [2.75, 3.05) is 13.6 Å². The molecule has 0 aromatic heterocycles. The lowest BCUT2D eigenvalue weighted by Crippen LogP contribution is -2.52. The molecule has 0 aliphatic carbocycles. The Morgan fingerprint density at radius 2 is 1.90 bits per heavy atom. The van der Waals surface area contributed by atoms with Crippen LogP contribution in [0, 0.1) is 17.6 Å². The molecule has 4 amide bonds. The normalized spacial score (nSPS) is 16.9. The summed E-state index contributed by atoms with van der Waals surface area (Å²) in [5.74, 6) is -3.81. The molecule has 2 rings (SSSR count). The van der Waals surface area contributed by atoms with E-state index in [4.69, 9.17) is 0 Å². The second kappa shape index (κ2) is 10.8. The van der Waals surface area contributed by atoms with Gasteiger partial charge in [0.1, 0.15) is 6.04 Å². The predicted octanol–water partition coefficient (Wildman–Crippen LogP) is 0.849. The van der Waals surface area contributed by atoms with Crippen molar-refractivity contribution in [2.24, 2.45) is 5.92 Å². The van der Waals surface area contributed by atoms with Crippen molar-refractivity contribution in [2.45, 2.75) is 51.7 Å². The number of rotatable bonds is 9. The number of carbonyl (C=O) groups is 4. The molecule has 1 saturated heterocycles. The maximum atomic E-state index is 14.0. The molecule has 0 saturated carbocycles. The van der Waals surface area contributed by atoms with Crippen LogP contribution >= 0.6 is 0 Å². The maximum absolute atomic E-state index is 14.0. The summed E-state index contributed by atoms with van der Waals surface area (Å²) in [7, 11) is 1.44. The van der Waals surface area contributed by atoms with Crippen molar-refractivity contribution in [3.63, 3.8) is 0 Å². The minimum absolute atomic E-state index is 0.0364. The van der Waals surface area contributed by atoms with Gasteiger partial charge in [0.25, 0.3) is 0 Å². The molecule has 170 valence electrons. The molecular formula is C21H28F2N4O4. The monoisotopic (exact) mass is 438 g/mol. The van der Waals surface area contributed by atoms with E-state index in [9.17, 15) is 28.0 Å². The highest BCUT2D eigenvalue weighted by molar-refractivity contribution is 5.91. The summed E-state index contributed by atoms with van der Waals surface area (Å²) < 4.78 is 27.5. The van der Waals surface area contributed by atoms with E-state index in [0.29, 0.717) is 6.42 Å². The van der Waals surface area contributed by atoms with Gasteiger partial charge in [0.2, 0.25) is 23.6 Å². The highest BCUT2D eigenvalue weighted by atomic mass is 19.2. The number of benzene rings is 1. The van der Waals surface area contributed by atoms with Gasteiger partial charge in [-0.1, -0.05) is 26.0 Å². The van der Waals surface area contributed by atoms with Crippen molar-refractivity contribution in [1.82, 2.24) is 20.9 Å². The largest absolute Gasteiger partial charge is 0.358 e. The first kappa shape index (κ1) is 24.2. The van der Waals surface area contributed by atoms with Gasteiger partial charge in [-0.05, 0) is 18.4 Å². The Labute approximate surface area is 179 Å². The Kier molecular flexibility index (Phi) is 8.47. The molecule has 1 aliphatic heterocycles. The number of halogens is 2. The highest BCUT2D eigenvalue weighted by Crippen LogP contribution is 2.25. The van der Waals surface area contributed by atoms with E-state index < -0.39 is 35.5 Å². The molecule has 1 aromatic carbocycles. The summed E-state index contributed by atoms with van der Waals surface area (Å²) in [6, 6.07) is 2.41. The van der Waals surface area contributed by atoms with E-state index in [0.717, 1.165) is 6.07 Å². The first-order valence-corrected chi connectivity index (χ1v) is 10.1. The lowest BCUT2D eigenvalue weighted by molar-refractivity contribution is -0.133. The standard InChI is InChI=1S/C21H28F2N4O4/c1-12(2)20(21(31)25-10-17(29)24-3)26-16(28)9-14-7-8-18(30)27(14)11-13-5-4-6-15(22)19(13)23/h4-6,12,14,20H,7-11H2,1-3H3,(H,24,29)(H,25,31)(H,26,28)/t14-,20-/m0/s1. The molecule has 0 bridgehead atoms. The predicted molar refractivity (Wildman–Crippen MR) is 108 cm³/mol. The zero-order valence-electron chi connectivity index (χ0n) is 17.8. The fourth-order valence-electron chi connectivity index (χ4n) is 3.42. The Morgan fingerprint density at radius 3 is 2.55 bits per heavy atom. The first-order chi connectivity index (χ1) is 14.6. The molecule has 31 heavy (non-hydrogen) atoms. The average Bonchev–Trinajstić information content (AvgIpc) is 3.06. The van der Waals surface area contributed by atoms with E-state index >= 15 is 0 Å². The van der Waals surface area contributed by atoms with Gasteiger partial charge in [0.15, 0.2) is 11.6 Å². The van der Waals surface area contributed by atoms with Gasteiger partial charge in [-0.25, -0.2) is 8.78 Å². The Hall–Kier alpha value is -3.04. The Bertz CT molecular complexity index is 847. The van der Waals surface area contributed by atoms with Crippen molar-refractivity contribution in [3.05, 3.63) is 35.4 Å². The number of nitrogens with one attached hydrogen (secondary N) is 3. The van der Waals surface area contributed by atoms with Crippen LogP contribution in [0.15, 0.2) is 18.2 Å². The van der Waals surface area contributed by atoms with E-state index in [1.807, 2.05) is 0 Å². The second-order valence-electron chi connectivity index (χ2n) is 7.81. The topological polar surface area (TPSA) is 108 Å². The smallest absolute Gasteiger partial charge is 0.243 e. The SMILES string of the molecule is CNC(=O)CNC(=O)[C@@H](NC(=O)C[C@@H]1CCC(=O)N1Cc1cccc(F)c1F)C(C)C. The molecule has 0 spiro atoms. The van der Waals surface area contributed by atoms with Crippen LogP contribution in [0.1, 0.15) is 38.7 Å². The van der Waals surface area contributed by atoms with E-state index in [-0.39, 0.29) is 49.2 Å². The molecule has 0 unspecified atom stereocenters. The fourth-order valence-corrected chi connectivity index (χ4v) is 3.42. The van der Waals surface area contributed by atoms with Gasteiger partial charge in [-0.3, -0.25) is 19.2 Å². The molecule has 1 fully saturated rings. The molecular weight excluding hydrogens is 410 g/mol. The minimum atomic E-state index is -1.02. The summed E-state index contributed by atoms with van der Waals surface area (Å²) in [6.45, 7) is 3.16. The fraction of sp³-hybridized carbons (Fsp3) is 0.524. The lowest BCUT2D eigenvalue weighted by atomic mass is 10.0. The van der Waals surface area contributed by atoms with Crippen LogP contribution in [0.3, 0.4) is 0 Å². The van der Waals surface area contributed by atoms with Crippen molar-refractivity contribution >= 4 is 23.6 Å². The van der Waals surface area contributed by atoms with Crippen molar-refractivity contribution in [3.8, 4) is 0 Å². The van der Waals surface area contributed by atoms with Gasteiger partial charge < -0.3 is 20.9 Å². The molecule has 1 aliphatic rings. The van der Waals surface area contributed by atoms with Crippen molar-refractivity contribution in [1.29, 1.82) is 0 Å². The van der Waals surface area contributed by atoms with Crippen LogP contribution < -0.4 is 16.0 Å². The van der Waals surface area contributed by atoms with Crippen LogP contribution in [0.5, 0.6) is 0 Å². The minimum Gasteiger partial charge on any atom is -0.358 e. The maximum Gasteiger partial charge on any atom is 0.243 e. The number of likely N-dealkylation sites (N-methyl/N-ethyl adjacent to an activating group) is 1. The molecule has 10 heteroatoms. The summed E-state index contributed by atoms with van der Waals surface area (Å²) in [6.07, 6.45) is 0.530. The zero-order chi connectivity index (χ0) is 23.1. The van der Waals surface area contributed by atoms with Crippen LogP contribution in [0.25, 0.3) is 0 Å². The van der Waals surface area contributed by atoms with E-state index in [1.54, 1.807) is 13.8 Å². The number of hydrogen-bond acceptors (Lipinski definition) is 4. The number of likely N-dealkylation sites (tertiary alicyclic amines) is 1. The summed E-state index contributed by atoms with van der Waals surface area (Å²) in [5.41, 5.74) is 0.0364. The summed E-state index contributed by atoms with van der Waals surface area (Å²) >= 11 is 0. The second-order valence-corrected chi connectivity index (χ2v) is 7.81.